The van der Waals surface area contributed by atoms with Crippen molar-refractivity contribution in [2.75, 3.05) is 0 Å². The summed E-state index contributed by atoms with van der Waals surface area (Å²) in [7, 11) is 0. The van der Waals surface area contributed by atoms with E-state index in [0.717, 1.165) is 12.4 Å². The molecule has 0 bridgehead atoms. The number of carbonyl (C=O) groups is 4. The maximum atomic E-state index is 14.3. The van der Waals surface area contributed by atoms with Crippen LogP contribution in [-0.2, 0) is 27.5 Å². The highest BCUT2D eigenvalue weighted by molar-refractivity contribution is 6.05. The number of halogens is 2. The van der Waals surface area contributed by atoms with Crippen LogP contribution in [0.3, 0.4) is 0 Å². The van der Waals surface area contributed by atoms with Gasteiger partial charge in [0.15, 0.2) is 0 Å². The largest absolute Gasteiger partial charge is 0.365 e. The average Bonchev–Trinajstić information content (AvgIpc) is 3.08. The fourth-order valence-corrected chi connectivity index (χ4v) is 3.59. The first-order chi connectivity index (χ1) is 15.2. The number of alkyl halides is 2. The van der Waals surface area contributed by atoms with Gasteiger partial charge in [-0.25, -0.2) is 4.99 Å². The van der Waals surface area contributed by atoms with Crippen molar-refractivity contribution >= 4 is 36.7 Å². The quantitative estimate of drug-likeness (QED) is 0.374. The normalized spacial score (nSPS) is 19.2. The molecule has 2 aliphatic rings. The van der Waals surface area contributed by atoms with Crippen LogP contribution in [0.25, 0.3) is 0 Å². The van der Waals surface area contributed by atoms with Crippen molar-refractivity contribution < 1.29 is 28.0 Å². The summed E-state index contributed by atoms with van der Waals surface area (Å²) in [5.41, 5.74) is 0.734. The zero-order chi connectivity index (χ0) is 23.5. The topological polar surface area (TPSA) is 120 Å². The lowest BCUT2D eigenvalue weighted by molar-refractivity contribution is -0.141. The Labute approximate surface area is 182 Å². The smallest absolute Gasteiger partial charge is 0.346 e. The van der Waals surface area contributed by atoms with Crippen molar-refractivity contribution in [3.8, 4) is 0 Å². The van der Waals surface area contributed by atoms with Gasteiger partial charge in [-0.05, 0) is 37.3 Å². The molecule has 2 heterocycles. The molecule has 1 atom stereocenters. The third-order valence-corrected chi connectivity index (χ3v) is 5.20. The molecule has 168 valence electrons. The third kappa shape index (κ3) is 4.46. The summed E-state index contributed by atoms with van der Waals surface area (Å²) in [6, 6.07) is 3.94. The van der Waals surface area contributed by atoms with Crippen LogP contribution in [-0.4, -0.2) is 53.5 Å². The molecular formula is C21H21F2N5O4. The van der Waals surface area contributed by atoms with Gasteiger partial charge in [0.1, 0.15) is 18.1 Å². The van der Waals surface area contributed by atoms with E-state index in [9.17, 15) is 28.0 Å². The summed E-state index contributed by atoms with van der Waals surface area (Å²) in [5, 5.41) is 4.39. The molecule has 1 fully saturated rings. The molecule has 9 nitrogen and oxygen atoms in total. The highest BCUT2D eigenvalue weighted by Crippen LogP contribution is 2.29. The summed E-state index contributed by atoms with van der Waals surface area (Å²) < 4.78 is 28.7. The molecule has 0 aromatic heterocycles. The molecule has 0 radical (unpaired) electrons. The Morgan fingerprint density at radius 3 is 2.78 bits per heavy atom. The fourth-order valence-electron chi connectivity index (χ4n) is 3.59. The average molecular weight is 445 g/mol. The predicted octanol–water partition coefficient (Wildman–Crippen LogP) is 1.33. The first-order valence-corrected chi connectivity index (χ1v) is 9.76. The summed E-state index contributed by atoms with van der Waals surface area (Å²) in [4.78, 5) is 56.3. The number of hydrogen-bond acceptors (Lipinski definition) is 5. The number of allylic oxidation sites excluding steroid dienone is 1. The Hall–Kier alpha value is -3.76. The Morgan fingerprint density at radius 1 is 1.38 bits per heavy atom. The zero-order valence-electron chi connectivity index (χ0n) is 17.2. The van der Waals surface area contributed by atoms with Gasteiger partial charge in [0.25, 0.3) is 11.8 Å². The van der Waals surface area contributed by atoms with Gasteiger partial charge >= 0.3 is 5.92 Å². The van der Waals surface area contributed by atoms with Gasteiger partial charge in [0.05, 0.1) is 0 Å². The van der Waals surface area contributed by atoms with Gasteiger partial charge in [0, 0.05) is 25.1 Å². The highest BCUT2D eigenvalue weighted by Gasteiger charge is 2.43. The van der Waals surface area contributed by atoms with E-state index >= 15 is 0 Å². The first kappa shape index (κ1) is 22.9. The number of amides is 4. The third-order valence-electron chi connectivity index (χ3n) is 5.20. The van der Waals surface area contributed by atoms with E-state index in [1.807, 2.05) is 0 Å². The molecule has 0 aliphatic carbocycles. The maximum Gasteiger partial charge on any atom is 0.365 e. The second kappa shape index (κ2) is 9.16. The Morgan fingerprint density at radius 2 is 2.12 bits per heavy atom. The van der Waals surface area contributed by atoms with E-state index in [4.69, 9.17) is 0 Å². The van der Waals surface area contributed by atoms with E-state index in [1.54, 1.807) is 12.1 Å². The molecule has 2 aliphatic heterocycles. The van der Waals surface area contributed by atoms with Gasteiger partial charge < -0.3 is 10.2 Å². The second-order valence-corrected chi connectivity index (χ2v) is 7.25. The van der Waals surface area contributed by atoms with Gasteiger partial charge in [-0.3, -0.25) is 29.5 Å². The number of carbonyl (C=O) groups excluding carboxylic acids is 4. The lowest BCUT2D eigenvalue weighted by atomic mass is 10.0. The van der Waals surface area contributed by atoms with Crippen molar-refractivity contribution in [3.05, 3.63) is 46.7 Å². The standard InChI is InChI=1S/C21H21F2N5O4/c1-3-16(26-11-24-2)21(22,23)20(32)25-9-12-4-5-14-13(8-12)10-28(19(14)31)15-6-7-17(29)27-18(15)30/h3-5,8,11,15H,2,6-7,9-10H2,1H3,(H,25,32)(H,27,29,30)/b16-3-,26-11?. The summed E-state index contributed by atoms with van der Waals surface area (Å²) >= 11 is 0. The van der Waals surface area contributed by atoms with Gasteiger partial charge in [0.2, 0.25) is 11.8 Å². The minimum atomic E-state index is -3.87. The van der Waals surface area contributed by atoms with Crippen LogP contribution < -0.4 is 10.6 Å². The summed E-state index contributed by atoms with van der Waals surface area (Å²) in [5.74, 6) is -6.65. The fraction of sp³-hybridized carbons (Fsp3) is 0.333. The Kier molecular flexibility index (Phi) is 6.56. The number of aliphatic imine (C=N–C) groups is 2. The highest BCUT2D eigenvalue weighted by atomic mass is 19.3. The van der Waals surface area contributed by atoms with Crippen LogP contribution >= 0.6 is 0 Å². The minimum absolute atomic E-state index is 0.142. The van der Waals surface area contributed by atoms with Crippen LogP contribution in [0.1, 0.15) is 41.3 Å². The number of nitrogens with zero attached hydrogens (tertiary/aromatic N) is 3. The van der Waals surface area contributed by atoms with E-state index in [1.165, 1.54) is 17.9 Å². The SMILES string of the molecule is C=NC=N/C(=C\C)C(F)(F)C(=O)NCc1ccc2c(c1)CN(C1CCC(=O)NC1=O)C2=O. The molecule has 1 saturated heterocycles. The van der Waals surface area contributed by atoms with E-state index < -0.39 is 29.5 Å². The molecule has 0 saturated carbocycles. The van der Waals surface area contributed by atoms with Crippen molar-refractivity contribution in [1.82, 2.24) is 15.5 Å². The number of hydrogen-bond donors (Lipinski definition) is 2. The maximum absolute atomic E-state index is 14.3. The molecule has 2 N–H and O–H groups in total. The van der Waals surface area contributed by atoms with Crippen molar-refractivity contribution in [2.24, 2.45) is 9.98 Å². The monoisotopic (exact) mass is 445 g/mol. The summed E-state index contributed by atoms with van der Waals surface area (Å²) in [6.07, 6.45) is 2.21. The van der Waals surface area contributed by atoms with Crippen molar-refractivity contribution in [3.63, 3.8) is 0 Å². The molecule has 1 aromatic carbocycles. The lowest BCUT2D eigenvalue weighted by Gasteiger charge is -2.29. The minimum Gasteiger partial charge on any atom is -0.346 e. The van der Waals surface area contributed by atoms with E-state index in [2.05, 4.69) is 27.3 Å². The van der Waals surface area contributed by atoms with Crippen LogP contribution in [0.2, 0.25) is 0 Å². The molecule has 1 aromatic rings. The molecule has 0 spiro atoms. The molecule has 3 rings (SSSR count). The number of fused-ring (bicyclic) bond motifs is 1. The van der Waals surface area contributed by atoms with Crippen molar-refractivity contribution in [1.29, 1.82) is 0 Å². The molecule has 1 unspecified atom stereocenters. The van der Waals surface area contributed by atoms with E-state index in [-0.39, 0.29) is 37.7 Å². The summed E-state index contributed by atoms with van der Waals surface area (Å²) in [6.45, 7) is 4.38. The number of nitrogens with one attached hydrogen (secondary N) is 2. The molecule has 4 amide bonds. The van der Waals surface area contributed by atoms with Crippen LogP contribution in [0.5, 0.6) is 0 Å². The van der Waals surface area contributed by atoms with Crippen LogP contribution in [0.4, 0.5) is 8.78 Å². The Bertz CT molecular complexity index is 1050. The second-order valence-electron chi connectivity index (χ2n) is 7.25. The van der Waals surface area contributed by atoms with Gasteiger partial charge in [-0.1, -0.05) is 18.2 Å². The molecule has 11 heteroatoms. The number of benzene rings is 1. The first-order valence-electron chi connectivity index (χ1n) is 9.76. The lowest BCUT2D eigenvalue weighted by Crippen LogP contribution is -2.52. The number of rotatable bonds is 7. The van der Waals surface area contributed by atoms with Crippen molar-refractivity contribution in [2.45, 2.75) is 44.8 Å². The van der Waals surface area contributed by atoms with Gasteiger partial charge in [-0.2, -0.15) is 8.78 Å². The number of piperidine rings is 1. The zero-order valence-corrected chi connectivity index (χ0v) is 17.2. The van der Waals surface area contributed by atoms with Gasteiger partial charge in [-0.15, -0.1) is 0 Å². The van der Waals surface area contributed by atoms with E-state index in [0.29, 0.717) is 16.7 Å². The molecule has 32 heavy (non-hydrogen) atoms. The predicted molar refractivity (Wildman–Crippen MR) is 111 cm³/mol. The van der Waals surface area contributed by atoms with Crippen LogP contribution in [0.15, 0.2) is 40.0 Å². The van der Waals surface area contributed by atoms with Crippen LogP contribution in [0, 0.1) is 0 Å². The number of imide groups is 1. The molecular weight excluding hydrogens is 424 g/mol. The Balaban J connectivity index is 1.68.